The van der Waals surface area contributed by atoms with E-state index in [0.29, 0.717) is 23.5 Å². The number of nitrogens with one attached hydrogen (secondary N) is 1. The minimum atomic E-state index is -0.746. The highest BCUT2D eigenvalue weighted by Gasteiger charge is 2.45. The molecule has 1 atom stereocenters. The summed E-state index contributed by atoms with van der Waals surface area (Å²) in [5.41, 5.74) is 3.07. The molecule has 1 unspecified atom stereocenters. The largest absolute Gasteiger partial charge is 0.507 e. The van der Waals surface area contributed by atoms with Crippen molar-refractivity contribution < 1.29 is 28.9 Å². The fourth-order valence-corrected chi connectivity index (χ4v) is 4.96. The van der Waals surface area contributed by atoms with E-state index in [4.69, 9.17) is 14.2 Å². The molecule has 2 N–H and O–H groups in total. The smallest absolute Gasteiger partial charge is 0.295 e. The van der Waals surface area contributed by atoms with Crippen molar-refractivity contribution in [3.8, 4) is 17.2 Å². The van der Waals surface area contributed by atoms with Gasteiger partial charge in [0.25, 0.3) is 11.7 Å². The molecule has 0 aliphatic carbocycles. The fraction of sp³-hybridized carbons (Fsp3) is 0.200. The number of methoxy groups -OCH3 is 3. The summed E-state index contributed by atoms with van der Waals surface area (Å²) in [6.07, 6.45) is 2.40. The van der Waals surface area contributed by atoms with Crippen molar-refractivity contribution in [3.05, 3.63) is 95.2 Å². The van der Waals surface area contributed by atoms with Crippen LogP contribution < -0.4 is 14.2 Å². The average molecular weight is 513 g/mol. The second-order valence-corrected chi connectivity index (χ2v) is 8.95. The second-order valence-electron chi connectivity index (χ2n) is 8.95. The van der Waals surface area contributed by atoms with Crippen LogP contribution >= 0.6 is 0 Å². The molecule has 1 amide bonds. The van der Waals surface area contributed by atoms with Crippen LogP contribution in [0.3, 0.4) is 0 Å². The number of carbonyl (C=O) groups excluding carboxylic acids is 2. The normalized spacial score (nSPS) is 16.7. The predicted molar refractivity (Wildman–Crippen MR) is 144 cm³/mol. The highest BCUT2D eigenvalue weighted by atomic mass is 16.5. The number of aliphatic hydroxyl groups excluding tert-OH is 1. The van der Waals surface area contributed by atoms with Crippen LogP contribution in [0.4, 0.5) is 0 Å². The van der Waals surface area contributed by atoms with Crippen molar-refractivity contribution in [3.63, 3.8) is 0 Å². The molecule has 38 heavy (non-hydrogen) atoms. The molecule has 194 valence electrons. The Hall–Kier alpha value is -4.72. The molecule has 1 fully saturated rings. The first kappa shape index (κ1) is 25.0. The van der Waals surface area contributed by atoms with Gasteiger partial charge in [-0.15, -0.1) is 0 Å². The van der Waals surface area contributed by atoms with Gasteiger partial charge >= 0.3 is 0 Å². The number of carbonyl (C=O) groups is 2. The topological polar surface area (TPSA) is 101 Å². The fourth-order valence-electron chi connectivity index (χ4n) is 4.96. The number of hydrogen-bond donors (Lipinski definition) is 2. The summed E-state index contributed by atoms with van der Waals surface area (Å²) < 4.78 is 16.0. The molecule has 8 heteroatoms. The third-order valence-electron chi connectivity index (χ3n) is 6.91. The predicted octanol–water partition coefficient (Wildman–Crippen LogP) is 4.86. The molecule has 3 aromatic carbocycles. The summed E-state index contributed by atoms with van der Waals surface area (Å²) in [7, 11) is 4.62. The highest BCUT2D eigenvalue weighted by Crippen LogP contribution is 2.41. The summed E-state index contributed by atoms with van der Waals surface area (Å²) in [6.45, 7) is 0.275. The number of likely N-dealkylation sites (tertiary alicyclic amines) is 1. The van der Waals surface area contributed by atoms with Crippen LogP contribution in [0.15, 0.2) is 78.5 Å². The first-order chi connectivity index (χ1) is 18.5. The van der Waals surface area contributed by atoms with Gasteiger partial charge in [-0.25, -0.2) is 0 Å². The van der Waals surface area contributed by atoms with Crippen molar-refractivity contribution in [2.45, 2.75) is 12.5 Å². The molecule has 1 saturated heterocycles. The van der Waals surface area contributed by atoms with Gasteiger partial charge in [-0.2, -0.15) is 0 Å². The minimum Gasteiger partial charge on any atom is -0.507 e. The first-order valence-electron chi connectivity index (χ1n) is 12.2. The van der Waals surface area contributed by atoms with E-state index in [-0.39, 0.29) is 17.9 Å². The van der Waals surface area contributed by atoms with E-state index in [1.54, 1.807) is 25.3 Å². The van der Waals surface area contributed by atoms with Gasteiger partial charge in [-0.1, -0.05) is 30.3 Å². The quantitative estimate of drug-likeness (QED) is 0.199. The second kappa shape index (κ2) is 10.3. The molecule has 8 nitrogen and oxygen atoms in total. The van der Waals surface area contributed by atoms with Crippen molar-refractivity contribution in [2.75, 3.05) is 27.9 Å². The lowest BCUT2D eigenvalue weighted by Crippen LogP contribution is -2.31. The summed E-state index contributed by atoms with van der Waals surface area (Å²) in [4.78, 5) is 31.5. The van der Waals surface area contributed by atoms with Gasteiger partial charge in [0.1, 0.15) is 11.5 Å². The zero-order chi connectivity index (χ0) is 26.8. The number of aliphatic hydroxyl groups is 1. The molecule has 1 aliphatic heterocycles. The molecule has 1 aromatic heterocycles. The lowest BCUT2D eigenvalue weighted by molar-refractivity contribution is -0.139. The van der Waals surface area contributed by atoms with Crippen LogP contribution in [-0.2, 0) is 16.0 Å². The number of aromatic nitrogens is 1. The lowest BCUT2D eigenvalue weighted by atomic mass is 9.95. The Kier molecular flexibility index (Phi) is 6.79. The van der Waals surface area contributed by atoms with E-state index in [2.05, 4.69) is 4.98 Å². The minimum absolute atomic E-state index is 0.0361. The van der Waals surface area contributed by atoms with Crippen LogP contribution in [0.2, 0.25) is 0 Å². The van der Waals surface area contributed by atoms with Gasteiger partial charge in [-0.05, 0) is 53.9 Å². The van der Waals surface area contributed by atoms with Crippen molar-refractivity contribution >= 4 is 28.4 Å². The Labute approximate surface area is 220 Å². The number of ketones is 1. The van der Waals surface area contributed by atoms with Crippen LogP contribution in [0.1, 0.15) is 22.7 Å². The molecular weight excluding hydrogens is 484 g/mol. The Balaban J connectivity index is 1.55. The van der Waals surface area contributed by atoms with E-state index in [0.717, 1.165) is 27.8 Å². The van der Waals surface area contributed by atoms with Gasteiger partial charge in [0, 0.05) is 29.2 Å². The summed E-state index contributed by atoms with van der Waals surface area (Å²) in [5, 5.41) is 12.3. The van der Waals surface area contributed by atoms with E-state index < -0.39 is 17.7 Å². The Morgan fingerprint density at radius 3 is 2.39 bits per heavy atom. The van der Waals surface area contributed by atoms with Crippen LogP contribution in [-0.4, -0.2) is 54.6 Å². The van der Waals surface area contributed by atoms with E-state index in [9.17, 15) is 14.7 Å². The first-order valence-corrected chi connectivity index (χ1v) is 12.2. The summed E-state index contributed by atoms with van der Waals surface area (Å²) in [6, 6.07) is 19.1. The number of H-pyrrole nitrogens is 1. The molecule has 2 heterocycles. The number of rotatable bonds is 8. The number of ether oxygens (including phenoxy) is 3. The maximum absolute atomic E-state index is 13.4. The molecule has 0 saturated carbocycles. The zero-order valence-corrected chi connectivity index (χ0v) is 21.4. The number of hydrogen-bond acceptors (Lipinski definition) is 6. The van der Waals surface area contributed by atoms with Crippen LogP contribution in [0.25, 0.3) is 16.7 Å². The molecule has 1 aliphatic rings. The number of aromatic amines is 1. The third kappa shape index (κ3) is 4.34. The van der Waals surface area contributed by atoms with Crippen LogP contribution in [0, 0.1) is 0 Å². The summed E-state index contributed by atoms with van der Waals surface area (Å²) in [5.74, 6) is -0.0307. The third-order valence-corrected chi connectivity index (χ3v) is 6.91. The number of nitrogens with zero attached hydrogens (tertiary/aromatic N) is 1. The average Bonchev–Trinajstić information content (AvgIpc) is 3.48. The molecule has 0 bridgehead atoms. The number of fused-ring (bicyclic) bond motifs is 1. The van der Waals surface area contributed by atoms with Crippen molar-refractivity contribution in [2.24, 2.45) is 0 Å². The van der Waals surface area contributed by atoms with Crippen molar-refractivity contribution in [1.82, 2.24) is 9.88 Å². The SMILES string of the molecule is COc1ccc2[nH]cc(CCN3C(=O)C(=O)/C(=C(\O)c4ccc(OC)c(OC)c4)C3c3ccccc3)c2c1. The lowest BCUT2D eigenvalue weighted by Gasteiger charge is -2.25. The van der Waals surface area contributed by atoms with E-state index in [1.807, 2.05) is 54.7 Å². The van der Waals surface area contributed by atoms with Gasteiger partial charge in [-0.3, -0.25) is 9.59 Å². The Morgan fingerprint density at radius 2 is 1.68 bits per heavy atom. The molecule has 4 aromatic rings. The number of benzene rings is 3. The van der Waals surface area contributed by atoms with E-state index >= 15 is 0 Å². The van der Waals surface area contributed by atoms with Gasteiger partial charge in [0.05, 0.1) is 32.9 Å². The van der Waals surface area contributed by atoms with Gasteiger partial charge < -0.3 is 29.2 Å². The number of Topliss-reactive ketones (excluding diaryl/α,β-unsaturated/α-hetero) is 1. The van der Waals surface area contributed by atoms with Crippen LogP contribution in [0.5, 0.6) is 17.2 Å². The molecule has 0 spiro atoms. The zero-order valence-electron chi connectivity index (χ0n) is 21.4. The molecular formula is C30H28N2O6. The standard InChI is InChI=1S/C30H28N2O6/c1-36-21-10-11-23-22(16-21)20(17-31-23)13-14-32-27(18-7-5-4-6-8-18)26(29(34)30(32)35)28(33)19-9-12-24(37-2)25(15-19)38-3/h4-12,15-17,27,31,33H,13-14H2,1-3H3/b28-26-. The van der Waals surface area contributed by atoms with Crippen molar-refractivity contribution in [1.29, 1.82) is 0 Å². The Morgan fingerprint density at radius 1 is 0.921 bits per heavy atom. The highest BCUT2D eigenvalue weighted by molar-refractivity contribution is 6.46. The summed E-state index contributed by atoms with van der Waals surface area (Å²) >= 11 is 0. The van der Waals surface area contributed by atoms with Gasteiger partial charge in [0.15, 0.2) is 11.5 Å². The maximum Gasteiger partial charge on any atom is 0.295 e. The monoisotopic (exact) mass is 512 g/mol. The van der Waals surface area contributed by atoms with E-state index in [1.165, 1.54) is 19.1 Å². The molecule has 5 rings (SSSR count). The maximum atomic E-state index is 13.4. The van der Waals surface area contributed by atoms with Gasteiger partial charge in [0.2, 0.25) is 0 Å². The number of amides is 1. The molecule has 0 radical (unpaired) electrons. The Bertz CT molecular complexity index is 1540.